The van der Waals surface area contributed by atoms with E-state index in [1.165, 1.54) is 0 Å². The molecule has 0 bridgehead atoms. The number of allylic oxidation sites excluding steroid dienone is 2. The van der Waals surface area contributed by atoms with Crippen LogP contribution in [0.25, 0.3) is 5.57 Å². The van der Waals surface area contributed by atoms with Crippen molar-refractivity contribution in [1.82, 2.24) is 24.5 Å². The van der Waals surface area contributed by atoms with Gasteiger partial charge in [0.1, 0.15) is 17.5 Å². The molecule has 2 aromatic heterocycles. The summed E-state index contributed by atoms with van der Waals surface area (Å²) in [5.74, 6) is 2.02. The van der Waals surface area contributed by atoms with E-state index in [1.807, 2.05) is 33.9 Å². The van der Waals surface area contributed by atoms with Crippen LogP contribution in [0.5, 0.6) is 0 Å². The molecule has 0 saturated heterocycles. The molecule has 2 rings (SSSR count). The van der Waals surface area contributed by atoms with Crippen LogP contribution in [0.15, 0.2) is 17.1 Å². The van der Waals surface area contributed by atoms with Crippen LogP contribution in [-0.2, 0) is 18.4 Å². The zero-order valence-corrected chi connectivity index (χ0v) is 17.3. The first-order chi connectivity index (χ1) is 12.8. The number of aliphatic imine (C=N–C) groups is 1. The van der Waals surface area contributed by atoms with E-state index in [1.54, 1.807) is 34.6 Å². The molecule has 1 amide bonds. The second-order valence-corrected chi connectivity index (χ2v) is 6.65. The minimum Gasteiger partial charge on any atom is -0.300 e. The van der Waals surface area contributed by atoms with Crippen molar-refractivity contribution in [1.29, 1.82) is 0 Å². The summed E-state index contributed by atoms with van der Waals surface area (Å²) in [5.41, 5.74) is 1.75. The molecule has 0 aliphatic carbocycles. The summed E-state index contributed by atoms with van der Waals surface area (Å²) in [4.78, 5) is 23.0. The van der Waals surface area contributed by atoms with Gasteiger partial charge >= 0.3 is 0 Å². The molecule has 8 nitrogen and oxygen atoms in total. The molecule has 0 radical (unpaired) electrons. The number of aromatic nitrogens is 5. The number of rotatable bonds is 7. The van der Waals surface area contributed by atoms with E-state index < -0.39 is 0 Å². The average molecular weight is 371 g/mol. The lowest BCUT2D eigenvalue weighted by molar-refractivity contribution is -0.122. The number of anilines is 1. The van der Waals surface area contributed by atoms with E-state index >= 15 is 0 Å². The summed E-state index contributed by atoms with van der Waals surface area (Å²) < 4.78 is 3.50. The van der Waals surface area contributed by atoms with Crippen LogP contribution in [0.1, 0.15) is 37.6 Å². The Morgan fingerprint density at radius 1 is 1.37 bits per heavy atom. The Morgan fingerprint density at radius 2 is 2.07 bits per heavy atom. The topological polar surface area (TPSA) is 81.2 Å². The number of aryl methyl sites for hydroxylation is 3. The van der Waals surface area contributed by atoms with Gasteiger partial charge in [-0.1, -0.05) is 19.9 Å². The first-order valence-corrected chi connectivity index (χ1v) is 9.10. The number of carbonyl (C=O) groups is 1. The van der Waals surface area contributed by atoms with Crippen LogP contribution in [0, 0.1) is 19.8 Å². The minimum atomic E-state index is -0.240. The third-order valence-corrected chi connectivity index (χ3v) is 4.35. The third kappa shape index (κ3) is 4.69. The van der Waals surface area contributed by atoms with Gasteiger partial charge in [-0.05, 0) is 20.3 Å². The van der Waals surface area contributed by atoms with Crippen molar-refractivity contribution in [3.63, 3.8) is 0 Å². The Bertz CT molecular complexity index is 860. The standard InChI is InChI=1S/C19H29N7O/c1-8-9-16(11-20-5)17-10-18(25(7)23-17)24(6)19(27)13(2)12-26-15(4)21-14(3)22-26/h9-11,13H,8,12H2,1-7H3/b16-9+,20-11?. The van der Waals surface area contributed by atoms with Crippen LogP contribution < -0.4 is 4.90 Å². The van der Waals surface area contributed by atoms with Gasteiger partial charge in [0.25, 0.3) is 0 Å². The molecular weight excluding hydrogens is 342 g/mol. The van der Waals surface area contributed by atoms with Gasteiger partial charge in [0.05, 0.1) is 18.2 Å². The van der Waals surface area contributed by atoms with E-state index in [9.17, 15) is 4.79 Å². The molecule has 1 unspecified atom stereocenters. The van der Waals surface area contributed by atoms with Gasteiger partial charge in [-0.15, -0.1) is 0 Å². The van der Waals surface area contributed by atoms with Gasteiger partial charge in [-0.2, -0.15) is 10.2 Å². The normalized spacial score (nSPS) is 13.4. The van der Waals surface area contributed by atoms with E-state index in [2.05, 4.69) is 33.2 Å². The van der Waals surface area contributed by atoms with Gasteiger partial charge in [0.2, 0.25) is 5.91 Å². The largest absolute Gasteiger partial charge is 0.300 e. The summed E-state index contributed by atoms with van der Waals surface area (Å²) in [6, 6.07) is 1.92. The Morgan fingerprint density at radius 3 is 2.63 bits per heavy atom. The summed E-state index contributed by atoms with van der Waals surface area (Å²) in [6.45, 7) is 8.20. The molecule has 2 aromatic rings. The molecule has 0 saturated carbocycles. The van der Waals surface area contributed by atoms with Crippen LogP contribution >= 0.6 is 0 Å². The Hall–Kier alpha value is -2.77. The molecule has 0 fully saturated rings. The third-order valence-electron chi connectivity index (χ3n) is 4.35. The second kappa shape index (κ2) is 8.75. The summed E-state index contributed by atoms with van der Waals surface area (Å²) >= 11 is 0. The van der Waals surface area contributed by atoms with Crippen molar-refractivity contribution in [2.24, 2.45) is 18.0 Å². The maximum Gasteiger partial charge on any atom is 0.232 e. The number of nitrogens with zero attached hydrogens (tertiary/aromatic N) is 7. The van der Waals surface area contributed by atoms with E-state index in [-0.39, 0.29) is 11.8 Å². The lowest BCUT2D eigenvalue weighted by Gasteiger charge is -2.21. The predicted octanol–water partition coefficient (Wildman–Crippen LogP) is 2.42. The predicted molar refractivity (Wildman–Crippen MR) is 108 cm³/mol. The highest BCUT2D eigenvalue weighted by Gasteiger charge is 2.23. The summed E-state index contributed by atoms with van der Waals surface area (Å²) in [5, 5.41) is 8.89. The van der Waals surface area contributed by atoms with Gasteiger partial charge in [0, 0.05) is 39.0 Å². The number of hydrogen-bond donors (Lipinski definition) is 0. The molecule has 0 aliphatic heterocycles. The highest BCUT2D eigenvalue weighted by molar-refractivity contribution is 6.09. The smallest absolute Gasteiger partial charge is 0.232 e. The fraction of sp³-hybridized carbons (Fsp3) is 0.526. The number of carbonyl (C=O) groups excluding carboxylic acids is 1. The fourth-order valence-electron chi connectivity index (χ4n) is 3.01. The van der Waals surface area contributed by atoms with Crippen molar-refractivity contribution >= 4 is 23.5 Å². The fourth-order valence-corrected chi connectivity index (χ4v) is 3.01. The lowest BCUT2D eigenvalue weighted by atomic mass is 10.1. The maximum atomic E-state index is 12.9. The van der Waals surface area contributed by atoms with Crippen LogP contribution in [0.3, 0.4) is 0 Å². The SMILES string of the molecule is CC/C=C(\C=NC)c1cc(N(C)C(=O)C(C)Cn2nc(C)nc2C)n(C)n1. The number of hydrogen-bond acceptors (Lipinski definition) is 5. The monoisotopic (exact) mass is 371 g/mol. The first kappa shape index (κ1) is 20.5. The molecule has 1 atom stereocenters. The highest BCUT2D eigenvalue weighted by atomic mass is 16.2. The van der Waals surface area contributed by atoms with Crippen molar-refractivity contribution in [2.75, 3.05) is 19.0 Å². The van der Waals surface area contributed by atoms with Crippen molar-refractivity contribution in [3.8, 4) is 0 Å². The van der Waals surface area contributed by atoms with E-state index in [4.69, 9.17) is 0 Å². The zero-order chi connectivity index (χ0) is 20.1. The van der Waals surface area contributed by atoms with Crippen LogP contribution in [-0.4, -0.2) is 50.8 Å². The van der Waals surface area contributed by atoms with Crippen molar-refractivity contribution < 1.29 is 4.79 Å². The highest BCUT2D eigenvalue weighted by Crippen LogP contribution is 2.21. The lowest BCUT2D eigenvalue weighted by Crippen LogP contribution is -2.35. The molecule has 8 heteroatoms. The molecule has 0 spiro atoms. The molecule has 146 valence electrons. The zero-order valence-electron chi connectivity index (χ0n) is 17.3. The van der Waals surface area contributed by atoms with Crippen LogP contribution in [0.2, 0.25) is 0 Å². The van der Waals surface area contributed by atoms with Gasteiger partial charge in [-0.25, -0.2) is 9.67 Å². The molecular formula is C19H29N7O. The minimum absolute atomic E-state index is 0.00211. The molecule has 27 heavy (non-hydrogen) atoms. The number of amides is 1. The average Bonchev–Trinajstić information content (AvgIpc) is 3.15. The Balaban J connectivity index is 2.21. The molecule has 0 aliphatic rings. The summed E-state index contributed by atoms with van der Waals surface area (Å²) in [7, 11) is 5.35. The first-order valence-electron chi connectivity index (χ1n) is 9.10. The van der Waals surface area contributed by atoms with Gasteiger partial charge in [0.15, 0.2) is 0 Å². The maximum absolute atomic E-state index is 12.9. The molecule has 2 heterocycles. The Labute approximate surface area is 160 Å². The van der Waals surface area contributed by atoms with E-state index in [0.717, 1.165) is 29.3 Å². The van der Waals surface area contributed by atoms with Crippen molar-refractivity contribution in [2.45, 2.75) is 40.7 Å². The van der Waals surface area contributed by atoms with Gasteiger partial charge in [-0.3, -0.25) is 19.4 Å². The van der Waals surface area contributed by atoms with Gasteiger partial charge < -0.3 is 0 Å². The second-order valence-electron chi connectivity index (χ2n) is 6.65. The quantitative estimate of drug-likeness (QED) is 0.700. The molecule has 0 N–H and O–H groups in total. The Kier molecular flexibility index (Phi) is 6.65. The van der Waals surface area contributed by atoms with Crippen LogP contribution in [0.4, 0.5) is 5.82 Å². The molecule has 0 aromatic carbocycles. The summed E-state index contributed by atoms with van der Waals surface area (Å²) in [6.07, 6.45) is 4.74. The van der Waals surface area contributed by atoms with E-state index in [0.29, 0.717) is 12.4 Å². The van der Waals surface area contributed by atoms with Crippen molar-refractivity contribution in [3.05, 3.63) is 29.5 Å².